The lowest BCUT2D eigenvalue weighted by molar-refractivity contribution is 0.0800. The predicted octanol–water partition coefficient (Wildman–Crippen LogP) is 1.78. The first-order valence-corrected chi connectivity index (χ1v) is 6.82. The number of rotatable bonds is 5. The van der Waals surface area contributed by atoms with Gasteiger partial charge < -0.3 is 14.7 Å². The Balaban J connectivity index is 1.68. The van der Waals surface area contributed by atoms with Gasteiger partial charge in [0.2, 0.25) is 0 Å². The second-order valence-corrected chi connectivity index (χ2v) is 4.88. The van der Waals surface area contributed by atoms with Gasteiger partial charge in [0.05, 0.1) is 18.3 Å². The fourth-order valence-corrected chi connectivity index (χ4v) is 2.30. The third-order valence-electron chi connectivity index (χ3n) is 3.44. The maximum absolute atomic E-state index is 9.42. The molecule has 1 aromatic rings. The maximum atomic E-state index is 9.42. The van der Waals surface area contributed by atoms with Crippen molar-refractivity contribution in [2.45, 2.75) is 25.4 Å². The zero-order valence-electron chi connectivity index (χ0n) is 11.1. The molecule has 4 nitrogen and oxygen atoms in total. The van der Waals surface area contributed by atoms with E-state index in [2.05, 4.69) is 11.0 Å². The van der Waals surface area contributed by atoms with E-state index >= 15 is 0 Å². The quantitative estimate of drug-likeness (QED) is 0.820. The number of aliphatic hydroxyl groups is 1. The van der Waals surface area contributed by atoms with Crippen LogP contribution in [0.25, 0.3) is 0 Å². The predicted molar refractivity (Wildman–Crippen MR) is 72.9 cm³/mol. The molecule has 1 aliphatic heterocycles. The Bertz CT molecular complexity index is 434. The Morgan fingerprint density at radius 3 is 2.79 bits per heavy atom. The number of benzene rings is 1. The summed E-state index contributed by atoms with van der Waals surface area (Å²) in [7, 11) is 0. The molecule has 1 fully saturated rings. The number of hydrogen-bond donors (Lipinski definition) is 1. The van der Waals surface area contributed by atoms with E-state index < -0.39 is 0 Å². The molecule has 1 aliphatic rings. The highest BCUT2D eigenvalue weighted by Crippen LogP contribution is 2.17. The average molecular weight is 260 g/mol. The third-order valence-corrected chi connectivity index (χ3v) is 3.44. The summed E-state index contributed by atoms with van der Waals surface area (Å²) in [6.45, 7) is 3.55. The molecule has 0 atom stereocenters. The highest BCUT2D eigenvalue weighted by Gasteiger charge is 2.16. The van der Waals surface area contributed by atoms with Crippen molar-refractivity contribution < 1.29 is 9.84 Å². The zero-order valence-corrected chi connectivity index (χ0v) is 11.1. The number of piperidine rings is 1. The number of para-hydroxylation sites is 1. The molecular formula is C15H20N2O2. The Morgan fingerprint density at radius 2 is 2.05 bits per heavy atom. The number of nitriles is 1. The monoisotopic (exact) mass is 260 g/mol. The minimum atomic E-state index is -0.116. The normalized spacial score (nSPS) is 17.1. The van der Waals surface area contributed by atoms with Gasteiger partial charge in [0.15, 0.2) is 0 Å². The van der Waals surface area contributed by atoms with E-state index in [4.69, 9.17) is 10.00 Å². The minimum absolute atomic E-state index is 0.116. The van der Waals surface area contributed by atoms with Gasteiger partial charge in [-0.3, -0.25) is 0 Å². The average Bonchev–Trinajstić information content (AvgIpc) is 2.46. The smallest absolute Gasteiger partial charge is 0.137 e. The molecule has 0 spiro atoms. The molecule has 4 heteroatoms. The molecule has 1 heterocycles. The lowest BCUT2D eigenvalue weighted by atomic mass is 10.1. The first-order chi connectivity index (χ1) is 9.29. The van der Waals surface area contributed by atoms with Crippen molar-refractivity contribution in [2.24, 2.45) is 0 Å². The number of aliphatic hydroxyl groups excluding tert-OH is 1. The topological polar surface area (TPSA) is 56.5 Å². The fraction of sp³-hybridized carbons (Fsp3) is 0.533. The first kappa shape index (κ1) is 13.9. The second kappa shape index (κ2) is 7.13. The van der Waals surface area contributed by atoms with Crippen LogP contribution in [0.4, 0.5) is 0 Å². The van der Waals surface area contributed by atoms with Gasteiger partial charge >= 0.3 is 0 Å². The Morgan fingerprint density at radius 1 is 1.32 bits per heavy atom. The van der Waals surface area contributed by atoms with Crippen molar-refractivity contribution in [3.8, 4) is 11.8 Å². The van der Waals surface area contributed by atoms with Crippen LogP contribution >= 0.6 is 0 Å². The van der Waals surface area contributed by atoms with Crippen LogP contribution in [-0.2, 0) is 0 Å². The lowest BCUT2D eigenvalue weighted by Gasteiger charge is -2.29. The molecule has 0 aromatic heterocycles. The third kappa shape index (κ3) is 4.23. The number of likely N-dealkylation sites (tertiary alicyclic amines) is 1. The summed E-state index contributed by atoms with van der Waals surface area (Å²) < 4.78 is 5.64. The van der Waals surface area contributed by atoms with Gasteiger partial charge in [-0.15, -0.1) is 0 Å². The van der Waals surface area contributed by atoms with Crippen molar-refractivity contribution in [1.82, 2.24) is 4.90 Å². The first-order valence-electron chi connectivity index (χ1n) is 6.82. The molecule has 0 saturated carbocycles. The summed E-state index contributed by atoms with van der Waals surface area (Å²) in [5.74, 6) is 0.666. The number of hydrogen-bond acceptors (Lipinski definition) is 4. The molecule has 1 saturated heterocycles. The largest absolute Gasteiger partial charge is 0.492 e. The summed E-state index contributed by atoms with van der Waals surface area (Å²) in [6.07, 6.45) is 2.57. The second-order valence-electron chi connectivity index (χ2n) is 4.88. The van der Waals surface area contributed by atoms with Crippen molar-refractivity contribution in [3.63, 3.8) is 0 Å². The molecule has 102 valence electrons. The lowest BCUT2D eigenvalue weighted by Crippen LogP contribution is -2.36. The molecule has 2 rings (SSSR count). The highest BCUT2D eigenvalue weighted by atomic mass is 16.5. The van der Waals surface area contributed by atoms with E-state index in [1.165, 1.54) is 0 Å². The van der Waals surface area contributed by atoms with Gasteiger partial charge in [0.1, 0.15) is 11.8 Å². The summed E-state index contributed by atoms with van der Waals surface area (Å²) >= 11 is 0. The van der Waals surface area contributed by atoms with E-state index in [1.54, 1.807) is 6.07 Å². The van der Waals surface area contributed by atoms with Crippen LogP contribution in [0.1, 0.15) is 24.8 Å². The van der Waals surface area contributed by atoms with E-state index in [0.717, 1.165) is 38.9 Å². The summed E-state index contributed by atoms with van der Waals surface area (Å²) in [6, 6.07) is 9.44. The summed E-state index contributed by atoms with van der Waals surface area (Å²) in [5.41, 5.74) is 0.587. The van der Waals surface area contributed by atoms with Gasteiger partial charge in [-0.25, -0.2) is 0 Å². The van der Waals surface area contributed by atoms with Crippen molar-refractivity contribution in [2.75, 3.05) is 26.2 Å². The van der Waals surface area contributed by atoms with Crippen molar-refractivity contribution in [3.05, 3.63) is 29.8 Å². The molecule has 1 aromatic carbocycles. The Hall–Kier alpha value is -1.57. The van der Waals surface area contributed by atoms with Crippen LogP contribution in [0, 0.1) is 11.3 Å². The van der Waals surface area contributed by atoms with Crippen LogP contribution in [0.2, 0.25) is 0 Å². The van der Waals surface area contributed by atoms with Crippen LogP contribution < -0.4 is 4.74 Å². The molecular weight excluding hydrogens is 240 g/mol. The zero-order chi connectivity index (χ0) is 13.5. The SMILES string of the molecule is N#Cc1ccccc1OCCCN1CCC(O)CC1. The number of nitrogens with zero attached hydrogens (tertiary/aromatic N) is 2. The maximum Gasteiger partial charge on any atom is 0.137 e. The molecule has 0 amide bonds. The molecule has 1 N–H and O–H groups in total. The molecule has 0 bridgehead atoms. The molecule has 0 aliphatic carbocycles. The van der Waals surface area contributed by atoms with Gasteiger partial charge in [0.25, 0.3) is 0 Å². The van der Waals surface area contributed by atoms with E-state index in [-0.39, 0.29) is 6.10 Å². The molecule has 0 unspecified atom stereocenters. The van der Waals surface area contributed by atoms with Crippen molar-refractivity contribution in [1.29, 1.82) is 5.26 Å². The van der Waals surface area contributed by atoms with Gasteiger partial charge in [-0.2, -0.15) is 5.26 Å². The van der Waals surface area contributed by atoms with Crippen molar-refractivity contribution >= 4 is 0 Å². The van der Waals surface area contributed by atoms with Gasteiger partial charge in [-0.1, -0.05) is 12.1 Å². The highest BCUT2D eigenvalue weighted by molar-refractivity contribution is 5.42. The van der Waals surface area contributed by atoms with Crippen LogP contribution in [0.15, 0.2) is 24.3 Å². The Labute approximate surface area is 114 Å². The summed E-state index contributed by atoms with van der Waals surface area (Å²) in [5, 5.41) is 18.4. The number of ether oxygens (including phenoxy) is 1. The van der Waals surface area contributed by atoms with Crippen LogP contribution in [0.5, 0.6) is 5.75 Å². The van der Waals surface area contributed by atoms with Gasteiger partial charge in [0, 0.05) is 19.6 Å². The molecule has 0 radical (unpaired) electrons. The van der Waals surface area contributed by atoms with E-state index in [9.17, 15) is 5.11 Å². The summed E-state index contributed by atoms with van der Waals surface area (Å²) in [4.78, 5) is 2.35. The van der Waals surface area contributed by atoms with Crippen LogP contribution in [-0.4, -0.2) is 42.4 Å². The Kier molecular flexibility index (Phi) is 5.20. The molecule has 19 heavy (non-hydrogen) atoms. The van der Waals surface area contributed by atoms with E-state index in [0.29, 0.717) is 17.9 Å². The van der Waals surface area contributed by atoms with E-state index in [1.807, 2.05) is 18.2 Å². The minimum Gasteiger partial charge on any atom is -0.492 e. The van der Waals surface area contributed by atoms with Crippen LogP contribution in [0.3, 0.4) is 0 Å². The van der Waals surface area contributed by atoms with Gasteiger partial charge in [-0.05, 0) is 31.4 Å². The fourth-order valence-electron chi connectivity index (χ4n) is 2.30. The standard InChI is InChI=1S/C15H20N2O2/c16-12-13-4-1-2-5-15(13)19-11-3-8-17-9-6-14(18)7-10-17/h1-2,4-5,14,18H,3,6-11H2.